The Balaban J connectivity index is 0. The van der Waals surface area contributed by atoms with Crippen molar-refractivity contribution in [1.29, 1.82) is 0 Å². The topological polar surface area (TPSA) is 26.3 Å². The van der Waals surface area contributed by atoms with E-state index in [1.807, 2.05) is 0 Å². The Hall–Kier alpha value is -1.14. The predicted molar refractivity (Wildman–Crippen MR) is 53.0 cm³/mol. The van der Waals surface area contributed by atoms with Crippen molar-refractivity contribution in [3.8, 4) is 0 Å². The van der Waals surface area contributed by atoms with Crippen LogP contribution in [0.5, 0.6) is 0 Å². The fourth-order valence-corrected chi connectivity index (χ4v) is 0.554. The Bertz CT molecular complexity index is 203. The molecule has 0 aromatic carbocycles. The highest BCUT2D eigenvalue weighted by atomic mass is 19.4. The zero-order valence-electron chi connectivity index (χ0n) is 9.23. The van der Waals surface area contributed by atoms with Crippen LogP contribution in [-0.2, 0) is 9.53 Å². The van der Waals surface area contributed by atoms with E-state index in [4.69, 9.17) is 0 Å². The lowest BCUT2D eigenvalue weighted by Crippen LogP contribution is -2.06. The first kappa shape index (κ1) is 18.2. The summed E-state index contributed by atoms with van der Waals surface area (Å²) in [5, 5.41) is 0. The van der Waals surface area contributed by atoms with Crippen LogP contribution in [0.3, 0.4) is 0 Å². The van der Waals surface area contributed by atoms with E-state index in [1.165, 1.54) is 0 Å². The zero-order chi connectivity index (χ0) is 13.7. The maximum Gasteiger partial charge on any atom is 0.389 e. The van der Waals surface area contributed by atoms with Gasteiger partial charge < -0.3 is 4.74 Å². The number of hydrogen-bond donors (Lipinski definition) is 0. The Labute approximate surface area is 96.4 Å². The monoisotopic (exact) mass is 262 g/mol. The fraction of sp³-hybridized carbons (Fsp3) is 0.700. The third-order valence-corrected chi connectivity index (χ3v) is 1.28. The van der Waals surface area contributed by atoms with Gasteiger partial charge in [0.15, 0.2) is 0 Å². The van der Waals surface area contributed by atoms with Gasteiger partial charge in [-0.15, -0.1) is 0 Å². The van der Waals surface area contributed by atoms with Gasteiger partial charge in [-0.2, -0.15) is 13.2 Å². The lowest BCUT2D eigenvalue weighted by molar-refractivity contribution is -0.138. The zero-order valence-corrected chi connectivity index (χ0v) is 9.23. The van der Waals surface area contributed by atoms with Crippen LogP contribution in [0.1, 0.15) is 19.3 Å². The van der Waals surface area contributed by atoms with Crippen LogP contribution in [0.25, 0.3) is 0 Å². The van der Waals surface area contributed by atoms with Crippen LogP contribution >= 0.6 is 0 Å². The Morgan fingerprint density at radius 3 is 2.00 bits per heavy atom. The summed E-state index contributed by atoms with van der Waals surface area (Å²) >= 11 is 0. The average Bonchev–Trinajstić information content (AvgIpc) is 2.26. The first-order valence-electron chi connectivity index (χ1n) is 4.85. The van der Waals surface area contributed by atoms with Gasteiger partial charge in [0.25, 0.3) is 0 Å². The molecule has 0 N–H and O–H groups in total. The van der Waals surface area contributed by atoms with Gasteiger partial charge in [-0.05, 0) is 6.42 Å². The quantitative estimate of drug-likeness (QED) is 0.317. The fourth-order valence-electron chi connectivity index (χ4n) is 0.554. The van der Waals surface area contributed by atoms with Crippen LogP contribution < -0.4 is 0 Å². The van der Waals surface area contributed by atoms with Crippen molar-refractivity contribution in [2.24, 2.45) is 0 Å². The van der Waals surface area contributed by atoms with E-state index >= 15 is 0 Å². The molecule has 17 heavy (non-hydrogen) atoms. The molecule has 0 aromatic heterocycles. The van der Waals surface area contributed by atoms with Gasteiger partial charge in [0, 0.05) is 18.9 Å². The maximum absolute atomic E-state index is 11.3. The predicted octanol–water partition coefficient (Wildman–Crippen LogP) is 3.37. The molecule has 102 valence electrons. The second kappa shape index (κ2) is 11.3. The molecule has 0 aliphatic heterocycles. The number of ether oxygens (including phenoxy) is 1. The third-order valence-electron chi connectivity index (χ3n) is 1.28. The average molecular weight is 262 g/mol. The van der Waals surface area contributed by atoms with Gasteiger partial charge in [-0.25, -0.2) is 4.79 Å². The van der Waals surface area contributed by atoms with Crippen molar-refractivity contribution >= 4 is 5.97 Å². The van der Waals surface area contributed by atoms with E-state index in [0.717, 1.165) is 6.08 Å². The summed E-state index contributed by atoms with van der Waals surface area (Å²) in [6, 6.07) is 0. The summed E-state index contributed by atoms with van der Waals surface area (Å²) in [6.07, 6.45) is -4.29. The number of rotatable bonds is 6. The van der Waals surface area contributed by atoms with Gasteiger partial charge >= 0.3 is 12.1 Å². The molecular formula is C10H15F5O2. The molecule has 2 nitrogen and oxygen atoms in total. The van der Waals surface area contributed by atoms with Crippen molar-refractivity contribution in [3.63, 3.8) is 0 Å². The third kappa shape index (κ3) is 20.8. The van der Waals surface area contributed by atoms with Crippen LogP contribution in [0.2, 0.25) is 0 Å². The highest BCUT2D eigenvalue weighted by Gasteiger charge is 2.25. The van der Waals surface area contributed by atoms with Crippen molar-refractivity contribution in [2.45, 2.75) is 25.4 Å². The van der Waals surface area contributed by atoms with Crippen molar-refractivity contribution < 1.29 is 31.5 Å². The molecule has 0 unspecified atom stereocenters. The van der Waals surface area contributed by atoms with E-state index in [1.54, 1.807) is 0 Å². The Kier molecular flexibility index (Phi) is 12.2. The number of hydrogen-bond acceptors (Lipinski definition) is 2. The molecule has 0 saturated carbocycles. The molecule has 0 atom stereocenters. The number of esters is 1. The van der Waals surface area contributed by atoms with Gasteiger partial charge in [0.05, 0.1) is 20.0 Å². The molecule has 0 bridgehead atoms. The van der Waals surface area contributed by atoms with E-state index in [9.17, 15) is 26.7 Å². The molecule has 7 heteroatoms. The minimum Gasteiger partial charge on any atom is -0.462 e. The second-order valence-electron chi connectivity index (χ2n) is 2.82. The molecule has 0 amide bonds. The number of halogens is 5. The van der Waals surface area contributed by atoms with E-state index < -0.39 is 38.3 Å². The van der Waals surface area contributed by atoms with Crippen LogP contribution in [-0.4, -0.2) is 32.1 Å². The van der Waals surface area contributed by atoms with E-state index in [2.05, 4.69) is 11.3 Å². The van der Waals surface area contributed by atoms with Gasteiger partial charge in [-0.3, -0.25) is 8.78 Å². The SMILES string of the molecule is C=CC(=O)OCCCF.FCCCC(F)(F)F. The smallest absolute Gasteiger partial charge is 0.389 e. The van der Waals surface area contributed by atoms with Gasteiger partial charge in [0.2, 0.25) is 0 Å². The Morgan fingerprint density at radius 1 is 1.18 bits per heavy atom. The molecule has 0 aliphatic rings. The number of carbonyl (C=O) groups excluding carboxylic acids is 1. The number of alkyl halides is 5. The maximum atomic E-state index is 11.3. The van der Waals surface area contributed by atoms with Crippen LogP contribution in [0.15, 0.2) is 12.7 Å². The summed E-state index contributed by atoms with van der Waals surface area (Å²) in [5.41, 5.74) is 0. The first-order chi connectivity index (χ1) is 7.87. The first-order valence-corrected chi connectivity index (χ1v) is 4.85. The standard InChI is InChI=1S/C6H9FO2.C4H6F4/c1-2-6(8)9-5-3-4-7;5-3-1-2-4(6,7)8/h2H,1,3-5H2;1-3H2. The summed E-state index contributed by atoms with van der Waals surface area (Å²) in [6.45, 7) is 1.97. The summed E-state index contributed by atoms with van der Waals surface area (Å²) in [7, 11) is 0. The molecular weight excluding hydrogens is 247 g/mol. The van der Waals surface area contributed by atoms with Crippen LogP contribution in [0.4, 0.5) is 22.0 Å². The number of carbonyl (C=O) groups is 1. The largest absolute Gasteiger partial charge is 0.462 e. The molecule has 0 aromatic rings. The van der Waals surface area contributed by atoms with Crippen molar-refractivity contribution in [1.82, 2.24) is 0 Å². The van der Waals surface area contributed by atoms with E-state index in [0.29, 0.717) is 0 Å². The molecule has 0 spiro atoms. The van der Waals surface area contributed by atoms with Gasteiger partial charge in [0.1, 0.15) is 0 Å². The lowest BCUT2D eigenvalue weighted by Gasteiger charge is -2.01. The minimum atomic E-state index is -4.19. The summed E-state index contributed by atoms with van der Waals surface area (Å²) < 4.78 is 60.0. The van der Waals surface area contributed by atoms with Crippen molar-refractivity contribution in [2.75, 3.05) is 20.0 Å². The highest BCUT2D eigenvalue weighted by molar-refractivity contribution is 5.81. The summed E-state index contributed by atoms with van der Waals surface area (Å²) in [5.74, 6) is -0.497. The second-order valence-corrected chi connectivity index (χ2v) is 2.82. The Morgan fingerprint density at radius 2 is 1.71 bits per heavy atom. The molecule has 0 radical (unpaired) electrons. The lowest BCUT2D eigenvalue weighted by atomic mass is 10.3. The normalized spacial score (nSPS) is 10.2. The molecule has 0 fully saturated rings. The van der Waals surface area contributed by atoms with E-state index in [-0.39, 0.29) is 13.0 Å². The van der Waals surface area contributed by atoms with Crippen molar-refractivity contribution in [3.05, 3.63) is 12.7 Å². The molecule has 0 saturated heterocycles. The molecule has 0 aliphatic carbocycles. The molecule has 0 rings (SSSR count). The summed E-state index contributed by atoms with van der Waals surface area (Å²) in [4.78, 5) is 10.2. The minimum absolute atomic E-state index is 0.140. The molecule has 0 heterocycles. The van der Waals surface area contributed by atoms with Crippen LogP contribution in [0, 0.1) is 0 Å². The van der Waals surface area contributed by atoms with Gasteiger partial charge in [-0.1, -0.05) is 6.58 Å². The highest BCUT2D eigenvalue weighted by Crippen LogP contribution is 2.20.